The summed E-state index contributed by atoms with van der Waals surface area (Å²) in [5.41, 5.74) is 6.45. The van der Waals surface area contributed by atoms with Crippen LogP contribution < -0.4 is 5.73 Å². The highest BCUT2D eigenvalue weighted by Gasteiger charge is 2.33. The molecule has 2 aromatic rings. The molecule has 3 rings (SSSR count). The van der Waals surface area contributed by atoms with Crippen molar-refractivity contribution in [3.63, 3.8) is 0 Å². The molecule has 0 amide bonds. The minimum atomic E-state index is -3.61. The standard InChI is InChI=1S/C11H16N6O2S/c1-8-11(9(6-12)15-14-8)20(18,19)17-5-4-16-3-2-13-10(16)7-17/h2-3H,4-7,12H2,1H3,(H,14,15). The van der Waals surface area contributed by atoms with E-state index in [4.69, 9.17) is 5.73 Å². The number of hydrogen-bond acceptors (Lipinski definition) is 5. The zero-order valence-corrected chi connectivity index (χ0v) is 11.9. The van der Waals surface area contributed by atoms with E-state index in [0.29, 0.717) is 24.5 Å². The fourth-order valence-electron chi connectivity index (χ4n) is 2.44. The van der Waals surface area contributed by atoms with Crippen LogP contribution in [0.2, 0.25) is 0 Å². The monoisotopic (exact) mass is 296 g/mol. The van der Waals surface area contributed by atoms with E-state index in [1.807, 2.05) is 10.8 Å². The van der Waals surface area contributed by atoms with E-state index in [2.05, 4.69) is 15.2 Å². The zero-order valence-electron chi connectivity index (χ0n) is 11.1. The number of H-pyrrole nitrogens is 1. The summed E-state index contributed by atoms with van der Waals surface area (Å²) in [5, 5.41) is 6.64. The molecular formula is C11H16N6O2S. The van der Waals surface area contributed by atoms with Gasteiger partial charge in [-0.2, -0.15) is 9.40 Å². The van der Waals surface area contributed by atoms with Gasteiger partial charge in [0.25, 0.3) is 0 Å². The highest BCUT2D eigenvalue weighted by Crippen LogP contribution is 2.25. The Balaban J connectivity index is 1.99. The lowest BCUT2D eigenvalue weighted by atomic mass is 10.4. The summed E-state index contributed by atoms with van der Waals surface area (Å²) in [4.78, 5) is 4.37. The van der Waals surface area contributed by atoms with Crippen LogP contribution in [0.1, 0.15) is 17.2 Å². The fraction of sp³-hybridized carbons (Fsp3) is 0.455. The van der Waals surface area contributed by atoms with E-state index in [0.717, 1.165) is 5.82 Å². The number of sulfonamides is 1. The van der Waals surface area contributed by atoms with Gasteiger partial charge in [-0.05, 0) is 6.92 Å². The van der Waals surface area contributed by atoms with Crippen molar-refractivity contribution < 1.29 is 8.42 Å². The van der Waals surface area contributed by atoms with Crippen molar-refractivity contribution in [2.75, 3.05) is 6.54 Å². The molecule has 0 bridgehead atoms. The molecule has 0 atom stereocenters. The molecule has 1 aliphatic heterocycles. The second kappa shape index (κ2) is 4.69. The molecule has 0 aromatic carbocycles. The minimum Gasteiger partial charge on any atom is -0.333 e. The molecule has 108 valence electrons. The summed E-state index contributed by atoms with van der Waals surface area (Å²) >= 11 is 0. The molecule has 2 aromatic heterocycles. The number of rotatable bonds is 3. The van der Waals surface area contributed by atoms with Crippen molar-refractivity contribution in [2.45, 2.75) is 31.5 Å². The number of aromatic amines is 1. The van der Waals surface area contributed by atoms with Crippen molar-refractivity contribution >= 4 is 10.0 Å². The van der Waals surface area contributed by atoms with Crippen molar-refractivity contribution in [3.05, 3.63) is 29.6 Å². The Labute approximate surface area is 116 Å². The lowest BCUT2D eigenvalue weighted by Crippen LogP contribution is -2.38. The molecule has 0 saturated carbocycles. The Morgan fingerprint density at radius 2 is 2.25 bits per heavy atom. The number of fused-ring (bicyclic) bond motifs is 1. The van der Waals surface area contributed by atoms with Crippen LogP contribution in [0.4, 0.5) is 0 Å². The molecule has 20 heavy (non-hydrogen) atoms. The van der Waals surface area contributed by atoms with Gasteiger partial charge in [0.1, 0.15) is 10.7 Å². The van der Waals surface area contributed by atoms with Gasteiger partial charge in [-0.15, -0.1) is 0 Å². The summed E-state index contributed by atoms with van der Waals surface area (Å²) in [6, 6.07) is 0. The van der Waals surface area contributed by atoms with Crippen LogP contribution in [0.15, 0.2) is 17.3 Å². The molecule has 0 radical (unpaired) electrons. The lowest BCUT2D eigenvalue weighted by molar-refractivity contribution is 0.335. The Kier molecular flexibility index (Phi) is 3.11. The van der Waals surface area contributed by atoms with Gasteiger partial charge in [-0.3, -0.25) is 5.10 Å². The molecule has 9 heteroatoms. The number of aromatic nitrogens is 4. The molecule has 3 N–H and O–H groups in total. The molecule has 0 spiro atoms. The van der Waals surface area contributed by atoms with Crippen LogP contribution in [-0.4, -0.2) is 39.0 Å². The third kappa shape index (κ3) is 1.94. The van der Waals surface area contributed by atoms with Crippen LogP contribution in [0, 0.1) is 6.92 Å². The van der Waals surface area contributed by atoms with Gasteiger partial charge >= 0.3 is 0 Å². The number of aryl methyl sites for hydroxylation is 1. The van der Waals surface area contributed by atoms with Gasteiger partial charge < -0.3 is 10.3 Å². The Bertz CT molecular complexity index is 732. The number of imidazole rings is 1. The predicted octanol–water partition coefficient (Wildman–Crippen LogP) is -0.422. The van der Waals surface area contributed by atoms with Gasteiger partial charge in [-0.1, -0.05) is 0 Å². The molecule has 0 aliphatic carbocycles. The summed E-state index contributed by atoms with van der Waals surface area (Å²) in [6.07, 6.45) is 3.54. The lowest BCUT2D eigenvalue weighted by Gasteiger charge is -2.27. The largest absolute Gasteiger partial charge is 0.333 e. The van der Waals surface area contributed by atoms with Crippen LogP contribution >= 0.6 is 0 Å². The second-order valence-corrected chi connectivity index (χ2v) is 6.58. The highest BCUT2D eigenvalue weighted by atomic mass is 32.2. The van der Waals surface area contributed by atoms with Crippen molar-refractivity contribution in [1.82, 2.24) is 24.1 Å². The molecule has 1 aliphatic rings. The smallest absolute Gasteiger partial charge is 0.247 e. The van der Waals surface area contributed by atoms with Gasteiger partial charge in [0.05, 0.1) is 17.9 Å². The number of nitrogens with two attached hydrogens (primary N) is 1. The molecule has 0 unspecified atom stereocenters. The minimum absolute atomic E-state index is 0.0847. The van der Waals surface area contributed by atoms with Crippen molar-refractivity contribution in [1.29, 1.82) is 0 Å². The average Bonchev–Trinajstić information content (AvgIpc) is 3.03. The van der Waals surface area contributed by atoms with E-state index in [1.54, 1.807) is 13.1 Å². The van der Waals surface area contributed by atoms with E-state index in [9.17, 15) is 8.42 Å². The van der Waals surface area contributed by atoms with Crippen LogP contribution in [0.5, 0.6) is 0 Å². The molecular weight excluding hydrogens is 280 g/mol. The summed E-state index contributed by atoms with van der Waals surface area (Å²) in [5.74, 6) is 0.746. The number of hydrogen-bond donors (Lipinski definition) is 2. The highest BCUT2D eigenvalue weighted by molar-refractivity contribution is 7.89. The summed E-state index contributed by atoms with van der Waals surface area (Å²) in [7, 11) is -3.61. The Hall–Kier alpha value is -1.71. The van der Waals surface area contributed by atoms with Crippen molar-refractivity contribution in [3.8, 4) is 0 Å². The number of nitrogens with zero attached hydrogens (tertiary/aromatic N) is 4. The zero-order chi connectivity index (χ0) is 14.3. The Morgan fingerprint density at radius 1 is 1.45 bits per heavy atom. The predicted molar refractivity (Wildman–Crippen MR) is 71.0 cm³/mol. The van der Waals surface area contributed by atoms with Crippen molar-refractivity contribution in [2.24, 2.45) is 5.73 Å². The van der Waals surface area contributed by atoms with Gasteiger partial charge in [0, 0.05) is 32.0 Å². The van der Waals surface area contributed by atoms with E-state index < -0.39 is 10.0 Å². The fourth-order valence-corrected chi connectivity index (χ4v) is 4.16. The molecule has 0 fully saturated rings. The van der Waals surface area contributed by atoms with Crippen LogP contribution in [0.25, 0.3) is 0 Å². The topological polar surface area (TPSA) is 110 Å². The molecule has 3 heterocycles. The first-order valence-electron chi connectivity index (χ1n) is 6.28. The summed E-state index contributed by atoms with van der Waals surface area (Å²) < 4.78 is 28.9. The molecule has 0 saturated heterocycles. The SMILES string of the molecule is Cc1[nH]nc(CN)c1S(=O)(=O)N1CCn2ccnc2C1. The third-order valence-corrected chi connectivity index (χ3v) is 5.51. The maximum absolute atomic E-state index is 12.8. The maximum atomic E-state index is 12.8. The van der Waals surface area contributed by atoms with Gasteiger partial charge in [0.2, 0.25) is 10.0 Å². The van der Waals surface area contributed by atoms with Gasteiger partial charge in [0.15, 0.2) is 0 Å². The Morgan fingerprint density at radius 3 is 3.00 bits per heavy atom. The van der Waals surface area contributed by atoms with Gasteiger partial charge in [-0.25, -0.2) is 13.4 Å². The maximum Gasteiger partial charge on any atom is 0.247 e. The van der Waals surface area contributed by atoms with E-state index in [1.165, 1.54) is 4.31 Å². The summed E-state index contributed by atoms with van der Waals surface area (Å²) in [6.45, 7) is 3.05. The first-order valence-corrected chi connectivity index (χ1v) is 7.72. The quantitative estimate of drug-likeness (QED) is 0.799. The van der Waals surface area contributed by atoms with Crippen LogP contribution in [0.3, 0.4) is 0 Å². The first kappa shape index (κ1) is 13.3. The van der Waals surface area contributed by atoms with E-state index >= 15 is 0 Å². The average molecular weight is 296 g/mol. The van der Waals surface area contributed by atoms with Crippen LogP contribution in [-0.2, 0) is 29.7 Å². The third-order valence-electron chi connectivity index (χ3n) is 3.46. The normalized spacial score (nSPS) is 16.3. The second-order valence-electron chi connectivity index (χ2n) is 4.70. The van der Waals surface area contributed by atoms with E-state index in [-0.39, 0.29) is 18.0 Å². The first-order chi connectivity index (χ1) is 9.54. The molecule has 8 nitrogen and oxygen atoms in total. The number of nitrogens with one attached hydrogen (secondary N) is 1.